The number of fused-ring (bicyclic) bond motifs is 3. The van der Waals surface area contributed by atoms with E-state index in [1.165, 1.54) is 0 Å². The minimum atomic E-state index is -0.166. The molecule has 2 aliphatic heterocycles. The van der Waals surface area contributed by atoms with Crippen LogP contribution in [0.4, 0.5) is 5.69 Å². The lowest BCUT2D eigenvalue weighted by molar-refractivity contribution is 0.174. The number of benzene rings is 3. The standard InChI is InChI=1S/C27H20N4O3/c32-27-20-3-1-2-4-22(20)29-25-21(27)14-31(19-8-6-18(7-9-19)30-12-11-28-15-30)26(25)17-5-10-23-24(13-17)34-16-33-23/h1-13,15,26H,14,16H2,(H,29,32). The number of aromatic nitrogens is 3. The maximum absolute atomic E-state index is 13.5. The molecule has 3 aromatic carbocycles. The van der Waals surface area contributed by atoms with E-state index in [4.69, 9.17) is 9.47 Å². The van der Waals surface area contributed by atoms with Crippen LogP contribution >= 0.6 is 0 Å². The summed E-state index contributed by atoms with van der Waals surface area (Å²) in [5.41, 5.74) is 5.72. The van der Waals surface area contributed by atoms with Gasteiger partial charge in [-0.25, -0.2) is 4.98 Å². The van der Waals surface area contributed by atoms with E-state index in [0.717, 1.165) is 45.2 Å². The van der Waals surface area contributed by atoms with Crippen molar-refractivity contribution < 1.29 is 9.47 Å². The smallest absolute Gasteiger partial charge is 0.231 e. The molecule has 0 radical (unpaired) electrons. The molecular formula is C27H20N4O3. The molecule has 0 aliphatic carbocycles. The van der Waals surface area contributed by atoms with E-state index in [9.17, 15) is 4.79 Å². The van der Waals surface area contributed by atoms with Crippen LogP contribution < -0.4 is 19.8 Å². The van der Waals surface area contributed by atoms with Crippen molar-refractivity contribution in [2.45, 2.75) is 12.6 Å². The van der Waals surface area contributed by atoms with Crippen LogP contribution in [-0.4, -0.2) is 21.3 Å². The van der Waals surface area contributed by atoms with Gasteiger partial charge in [0.2, 0.25) is 6.79 Å². The molecule has 34 heavy (non-hydrogen) atoms. The van der Waals surface area contributed by atoms with E-state index in [1.54, 1.807) is 12.5 Å². The Morgan fingerprint density at radius 3 is 2.62 bits per heavy atom. The van der Waals surface area contributed by atoms with Crippen LogP contribution in [0.3, 0.4) is 0 Å². The number of aromatic amines is 1. The summed E-state index contributed by atoms with van der Waals surface area (Å²) in [6, 6.07) is 21.8. The number of rotatable bonds is 3. The van der Waals surface area contributed by atoms with Crippen LogP contribution in [0.5, 0.6) is 11.5 Å². The first kappa shape index (κ1) is 19.0. The summed E-state index contributed by atoms with van der Waals surface area (Å²) in [6.07, 6.45) is 5.46. The zero-order valence-corrected chi connectivity index (χ0v) is 18.1. The summed E-state index contributed by atoms with van der Waals surface area (Å²) in [6.45, 7) is 0.736. The third-order valence-corrected chi connectivity index (χ3v) is 6.65. The number of imidazole rings is 1. The van der Waals surface area contributed by atoms with Gasteiger partial charge in [0.25, 0.3) is 0 Å². The number of anilines is 1. The first-order valence-corrected chi connectivity index (χ1v) is 11.1. The minimum absolute atomic E-state index is 0.0765. The number of para-hydroxylation sites is 1. The number of ether oxygens (including phenoxy) is 2. The number of nitrogens with one attached hydrogen (secondary N) is 1. The third-order valence-electron chi connectivity index (χ3n) is 6.65. The van der Waals surface area contributed by atoms with E-state index in [-0.39, 0.29) is 18.3 Å². The van der Waals surface area contributed by atoms with Gasteiger partial charge in [-0.3, -0.25) is 4.79 Å². The second kappa shape index (κ2) is 7.25. The molecule has 4 heterocycles. The zero-order chi connectivity index (χ0) is 22.6. The van der Waals surface area contributed by atoms with Gasteiger partial charge in [0.15, 0.2) is 16.9 Å². The second-order valence-electron chi connectivity index (χ2n) is 8.52. The molecule has 2 aliphatic rings. The Bertz CT molecular complexity index is 1590. The van der Waals surface area contributed by atoms with E-state index in [1.807, 2.05) is 53.2 Å². The zero-order valence-electron chi connectivity index (χ0n) is 18.1. The normalized spacial score (nSPS) is 16.2. The van der Waals surface area contributed by atoms with Gasteiger partial charge in [-0.05, 0) is 54.1 Å². The lowest BCUT2D eigenvalue weighted by Gasteiger charge is -2.28. The number of nitrogens with zero attached hydrogens (tertiary/aromatic N) is 3. The second-order valence-corrected chi connectivity index (χ2v) is 8.52. The molecule has 0 saturated carbocycles. The van der Waals surface area contributed by atoms with Gasteiger partial charge in [0, 0.05) is 46.8 Å². The molecule has 0 spiro atoms. The van der Waals surface area contributed by atoms with Crippen LogP contribution in [0.25, 0.3) is 16.6 Å². The van der Waals surface area contributed by atoms with Crippen molar-refractivity contribution in [3.63, 3.8) is 0 Å². The lowest BCUT2D eigenvalue weighted by Crippen LogP contribution is -2.23. The van der Waals surface area contributed by atoms with E-state index in [0.29, 0.717) is 11.9 Å². The molecule has 0 bridgehead atoms. The molecule has 1 N–H and O–H groups in total. The number of hydrogen-bond donors (Lipinski definition) is 1. The predicted octanol–water partition coefficient (Wildman–Crippen LogP) is 4.55. The SMILES string of the molecule is O=c1c2c([nH]c3ccccc13)C(c1ccc3c(c1)OCO3)N(c1ccc(-n3ccnc3)cc1)C2. The van der Waals surface area contributed by atoms with Crippen molar-refractivity contribution >= 4 is 16.6 Å². The molecule has 7 nitrogen and oxygen atoms in total. The van der Waals surface area contributed by atoms with Gasteiger partial charge >= 0.3 is 0 Å². The maximum Gasteiger partial charge on any atom is 0.231 e. The van der Waals surface area contributed by atoms with Crippen molar-refractivity contribution in [3.8, 4) is 17.2 Å². The molecule has 1 atom stereocenters. The first-order chi connectivity index (χ1) is 16.8. The minimum Gasteiger partial charge on any atom is -0.454 e. The summed E-state index contributed by atoms with van der Waals surface area (Å²) in [5, 5.41) is 0.711. The van der Waals surface area contributed by atoms with Gasteiger partial charge in [0.1, 0.15) is 0 Å². The molecular weight excluding hydrogens is 428 g/mol. The largest absolute Gasteiger partial charge is 0.454 e. The van der Waals surface area contributed by atoms with E-state index < -0.39 is 0 Å². The van der Waals surface area contributed by atoms with Crippen molar-refractivity contribution in [2.75, 3.05) is 11.7 Å². The van der Waals surface area contributed by atoms with Gasteiger partial charge in [-0.1, -0.05) is 18.2 Å². The van der Waals surface area contributed by atoms with Gasteiger partial charge in [0.05, 0.1) is 18.1 Å². The fraction of sp³-hybridized carbons (Fsp3) is 0.111. The van der Waals surface area contributed by atoms with Crippen LogP contribution in [0.2, 0.25) is 0 Å². The van der Waals surface area contributed by atoms with Crippen LogP contribution in [-0.2, 0) is 6.54 Å². The highest BCUT2D eigenvalue weighted by atomic mass is 16.7. The Kier molecular flexibility index (Phi) is 4.05. The number of pyridine rings is 1. The van der Waals surface area contributed by atoms with E-state index in [2.05, 4.69) is 39.1 Å². The maximum atomic E-state index is 13.5. The summed E-state index contributed by atoms with van der Waals surface area (Å²) in [5.74, 6) is 1.47. The van der Waals surface area contributed by atoms with Gasteiger partial charge in [-0.15, -0.1) is 0 Å². The molecule has 7 rings (SSSR count). The van der Waals surface area contributed by atoms with E-state index >= 15 is 0 Å². The average molecular weight is 448 g/mol. The Balaban J connectivity index is 1.39. The molecule has 7 heteroatoms. The van der Waals surface area contributed by atoms with Crippen LogP contribution in [0.1, 0.15) is 22.9 Å². The Morgan fingerprint density at radius 2 is 1.76 bits per heavy atom. The quantitative estimate of drug-likeness (QED) is 0.438. The molecule has 166 valence electrons. The van der Waals surface area contributed by atoms with Crippen molar-refractivity contribution in [1.29, 1.82) is 0 Å². The Hall–Kier alpha value is -4.52. The first-order valence-electron chi connectivity index (χ1n) is 11.1. The molecule has 0 fully saturated rings. The topological polar surface area (TPSA) is 72.4 Å². The predicted molar refractivity (Wildman–Crippen MR) is 129 cm³/mol. The number of H-pyrrole nitrogens is 1. The Labute approximate surface area is 194 Å². The van der Waals surface area contributed by atoms with Crippen LogP contribution in [0.15, 0.2) is 90.2 Å². The highest BCUT2D eigenvalue weighted by Crippen LogP contribution is 2.43. The highest BCUT2D eigenvalue weighted by Gasteiger charge is 2.35. The summed E-state index contributed by atoms with van der Waals surface area (Å²) in [4.78, 5) is 23.4. The molecule has 0 amide bonds. The van der Waals surface area contributed by atoms with Crippen molar-refractivity contribution in [1.82, 2.24) is 14.5 Å². The summed E-state index contributed by atoms with van der Waals surface area (Å²) in [7, 11) is 0. The third kappa shape index (κ3) is 2.83. The Morgan fingerprint density at radius 1 is 0.941 bits per heavy atom. The summed E-state index contributed by atoms with van der Waals surface area (Å²) < 4.78 is 13.1. The molecule has 5 aromatic rings. The summed E-state index contributed by atoms with van der Waals surface area (Å²) >= 11 is 0. The van der Waals surface area contributed by atoms with Crippen molar-refractivity contribution in [2.24, 2.45) is 0 Å². The highest BCUT2D eigenvalue weighted by molar-refractivity contribution is 5.80. The van der Waals surface area contributed by atoms with Gasteiger partial charge in [-0.2, -0.15) is 0 Å². The average Bonchev–Trinajstić information content (AvgIpc) is 3.63. The fourth-order valence-corrected chi connectivity index (χ4v) is 5.00. The molecule has 1 unspecified atom stereocenters. The van der Waals surface area contributed by atoms with Crippen LogP contribution in [0, 0.1) is 0 Å². The fourth-order valence-electron chi connectivity index (χ4n) is 5.00. The van der Waals surface area contributed by atoms with Crippen molar-refractivity contribution in [3.05, 3.63) is 112 Å². The molecule has 2 aromatic heterocycles. The lowest BCUT2D eigenvalue weighted by atomic mass is 10.0. The molecule has 0 saturated heterocycles. The monoisotopic (exact) mass is 448 g/mol. The number of hydrogen-bond acceptors (Lipinski definition) is 5. The van der Waals surface area contributed by atoms with Gasteiger partial charge < -0.3 is 23.9 Å².